The fraction of sp³-hybridized carbons (Fsp3) is 0.636. The summed E-state index contributed by atoms with van der Waals surface area (Å²) in [5.41, 5.74) is 0.551. The van der Waals surface area contributed by atoms with Crippen LogP contribution in [0.1, 0.15) is 36.0 Å². The number of halogens is 2. The first-order chi connectivity index (χ1) is 14.5. The molecule has 2 amide bonds. The Kier molecular flexibility index (Phi) is 7.19. The number of carbonyl (C=O) groups excluding carboxylic acids is 2. The number of benzene rings is 1. The van der Waals surface area contributed by atoms with Gasteiger partial charge < -0.3 is 14.5 Å². The molecular weight excluding hydrogens is 425 g/mol. The molecule has 30 heavy (non-hydrogen) atoms. The van der Waals surface area contributed by atoms with Crippen LogP contribution in [-0.4, -0.2) is 85.0 Å². The van der Waals surface area contributed by atoms with Crippen LogP contribution in [0.5, 0.6) is 0 Å². The molecule has 8 heteroatoms. The van der Waals surface area contributed by atoms with Gasteiger partial charge in [0.1, 0.15) is 0 Å². The van der Waals surface area contributed by atoms with E-state index in [1.54, 1.807) is 18.2 Å². The molecule has 2 saturated heterocycles. The van der Waals surface area contributed by atoms with Crippen molar-refractivity contribution < 1.29 is 14.3 Å². The molecule has 3 aliphatic rings. The highest BCUT2D eigenvalue weighted by Crippen LogP contribution is 2.32. The minimum Gasteiger partial charge on any atom is -0.378 e. The van der Waals surface area contributed by atoms with Crippen LogP contribution >= 0.6 is 23.2 Å². The van der Waals surface area contributed by atoms with Crippen molar-refractivity contribution in [2.24, 2.45) is 5.92 Å². The van der Waals surface area contributed by atoms with E-state index in [1.807, 2.05) is 9.80 Å². The number of piperazine rings is 1. The van der Waals surface area contributed by atoms with Gasteiger partial charge in [0.05, 0.1) is 29.3 Å². The number of nitrogens with zero attached hydrogens (tertiary/aromatic N) is 3. The predicted molar refractivity (Wildman–Crippen MR) is 117 cm³/mol. The monoisotopic (exact) mass is 453 g/mol. The maximum atomic E-state index is 13.4. The molecule has 0 aromatic heterocycles. The van der Waals surface area contributed by atoms with E-state index in [2.05, 4.69) is 4.90 Å². The van der Waals surface area contributed by atoms with Crippen molar-refractivity contribution in [2.75, 3.05) is 52.5 Å². The summed E-state index contributed by atoms with van der Waals surface area (Å²) >= 11 is 12.1. The van der Waals surface area contributed by atoms with E-state index < -0.39 is 0 Å². The summed E-state index contributed by atoms with van der Waals surface area (Å²) in [6, 6.07) is 4.92. The van der Waals surface area contributed by atoms with Gasteiger partial charge in [-0.2, -0.15) is 0 Å². The molecule has 2 heterocycles. The molecule has 1 aromatic carbocycles. The number of hydrogen-bond acceptors (Lipinski definition) is 4. The lowest BCUT2D eigenvalue weighted by molar-refractivity contribution is -0.144. The summed E-state index contributed by atoms with van der Waals surface area (Å²) in [7, 11) is 0. The first-order valence-electron chi connectivity index (χ1n) is 10.9. The quantitative estimate of drug-likeness (QED) is 0.702. The molecule has 4 rings (SSSR count). The lowest BCUT2D eigenvalue weighted by atomic mass is 9.94. The number of ether oxygens (including phenoxy) is 1. The van der Waals surface area contributed by atoms with Crippen LogP contribution in [0.2, 0.25) is 10.0 Å². The Morgan fingerprint density at radius 3 is 2.20 bits per heavy atom. The van der Waals surface area contributed by atoms with Crippen molar-refractivity contribution in [2.45, 2.75) is 31.7 Å². The number of rotatable bonds is 4. The fourth-order valence-corrected chi connectivity index (χ4v) is 5.21. The summed E-state index contributed by atoms with van der Waals surface area (Å²) in [6.45, 7) is 5.24. The van der Waals surface area contributed by atoms with Crippen LogP contribution in [0.3, 0.4) is 0 Å². The molecular formula is C22H29Cl2N3O3. The predicted octanol–water partition coefficient (Wildman–Crippen LogP) is 3.17. The maximum Gasteiger partial charge on any atom is 0.253 e. The molecule has 6 nitrogen and oxygen atoms in total. The van der Waals surface area contributed by atoms with Crippen LogP contribution in [-0.2, 0) is 9.53 Å². The van der Waals surface area contributed by atoms with Crippen molar-refractivity contribution in [1.82, 2.24) is 14.7 Å². The topological polar surface area (TPSA) is 53.1 Å². The molecule has 1 saturated carbocycles. The number of amides is 2. The second kappa shape index (κ2) is 9.86. The molecule has 1 aliphatic carbocycles. The van der Waals surface area contributed by atoms with Gasteiger partial charge in [0.2, 0.25) is 5.91 Å². The molecule has 164 valence electrons. The summed E-state index contributed by atoms with van der Waals surface area (Å²) < 4.78 is 5.43. The standard InChI is InChI=1S/C22H29Cl2N3O3/c23-18-6-5-17(15-19(18)24)21(28)26-9-7-25(8-10-26)20(16-3-1-2-4-16)22(29)27-11-13-30-14-12-27/h5-6,15-16,20H,1-4,7-14H2. The number of morpholine rings is 1. The smallest absolute Gasteiger partial charge is 0.253 e. The molecule has 0 radical (unpaired) electrons. The van der Waals surface area contributed by atoms with Crippen LogP contribution in [0.15, 0.2) is 18.2 Å². The molecule has 1 unspecified atom stereocenters. The Bertz CT molecular complexity index is 771. The van der Waals surface area contributed by atoms with E-state index in [0.29, 0.717) is 74.0 Å². The first kappa shape index (κ1) is 21.9. The van der Waals surface area contributed by atoms with Crippen molar-refractivity contribution in [3.8, 4) is 0 Å². The molecule has 0 bridgehead atoms. The van der Waals surface area contributed by atoms with Gasteiger partial charge in [0, 0.05) is 44.8 Å². The Morgan fingerprint density at radius 1 is 0.900 bits per heavy atom. The Hall–Kier alpha value is -1.34. The Balaban J connectivity index is 1.42. The minimum absolute atomic E-state index is 0.0369. The average Bonchev–Trinajstić information content (AvgIpc) is 3.31. The Morgan fingerprint density at radius 2 is 1.57 bits per heavy atom. The van der Waals surface area contributed by atoms with E-state index in [1.165, 1.54) is 12.8 Å². The Labute approximate surface area is 188 Å². The lowest BCUT2D eigenvalue weighted by Crippen LogP contribution is -2.59. The molecule has 0 spiro atoms. The molecule has 1 aromatic rings. The van der Waals surface area contributed by atoms with Gasteiger partial charge in [-0.1, -0.05) is 36.0 Å². The van der Waals surface area contributed by atoms with Crippen LogP contribution in [0, 0.1) is 5.92 Å². The highest BCUT2D eigenvalue weighted by Gasteiger charge is 2.39. The van der Waals surface area contributed by atoms with E-state index in [4.69, 9.17) is 27.9 Å². The number of hydrogen-bond donors (Lipinski definition) is 0. The average molecular weight is 454 g/mol. The van der Waals surface area contributed by atoms with Crippen LogP contribution in [0.4, 0.5) is 0 Å². The van der Waals surface area contributed by atoms with Gasteiger partial charge in [0.25, 0.3) is 5.91 Å². The van der Waals surface area contributed by atoms with Gasteiger partial charge in [-0.05, 0) is 37.0 Å². The lowest BCUT2D eigenvalue weighted by Gasteiger charge is -2.43. The van der Waals surface area contributed by atoms with Gasteiger partial charge in [0.15, 0.2) is 0 Å². The second-order valence-corrected chi connectivity index (χ2v) is 9.20. The van der Waals surface area contributed by atoms with Crippen molar-refractivity contribution in [3.63, 3.8) is 0 Å². The fourth-order valence-electron chi connectivity index (χ4n) is 4.91. The normalized spacial score (nSPS) is 22.3. The summed E-state index contributed by atoms with van der Waals surface area (Å²) in [5, 5.41) is 0.831. The van der Waals surface area contributed by atoms with Gasteiger partial charge in [-0.25, -0.2) is 0 Å². The van der Waals surface area contributed by atoms with Crippen molar-refractivity contribution in [1.29, 1.82) is 0 Å². The third kappa shape index (κ3) is 4.77. The molecule has 3 fully saturated rings. The second-order valence-electron chi connectivity index (χ2n) is 8.38. The zero-order valence-corrected chi connectivity index (χ0v) is 18.7. The zero-order valence-electron chi connectivity index (χ0n) is 17.2. The van der Waals surface area contributed by atoms with Crippen molar-refractivity contribution in [3.05, 3.63) is 33.8 Å². The largest absolute Gasteiger partial charge is 0.378 e. The SMILES string of the molecule is O=C(c1ccc(Cl)c(Cl)c1)N1CCN(C(C(=O)N2CCOCC2)C2CCCC2)CC1. The van der Waals surface area contributed by atoms with Crippen molar-refractivity contribution >= 4 is 35.0 Å². The first-order valence-corrected chi connectivity index (χ1v) is 11.6. The molecule has 2 aliphatic heterocycles. The van der Waals surface area contributed by atoms with E-state index in [0.717, 1.165) is 12.8 Å². The van der Waals surface area contributed by atoms with E-state index in [9.17, 15) is 9.59 Å². The molecule has 1 atom stereocenters. The van der Waals surface area contributed by atoms with Gasteiger partial charge in [-0.3, -0.25) is 14.5 Å². The van der Waals surface area contributed by atoms with Gasteiger partial charge in [-0.15, -0.1) is 0 Å². The summed E-state index contributed by atoms with van der Waals surface area (Å²) in [4.78, 5) is 32.4. The highest BCUT2D eigenvalue weighted by molar-refractivity contribution is 6.42. The van der Waals surface area contributed by atoms with E-state index >= 15 is 0 Å². The minimum atomic E-state index is -0.0761. The summed E-state index contributed by atoms with van der Waals surface area (Å²) in [5.74, 6) is 0.622. The van der Waals surface area contributed by atoms with E-state index in [-0.39, 0.29) is 17.9 Å². The third-order valence-corrected chi connectivity index (χ3v) is 7.32. The van der Waals surface area contributed by atoms with Gasteiger partial charge >= 0.3 is 0 Å². The maximum absolute atomic E-state index is 13.4. The third-order valence-electron chi connectivity index (χ3n) is 6.58. The number of carbonyl (C=O) groups is 2. The highest BCUT2D eigenvalue weighted by atomic mass is 35.5. The summed E-state index contributed by atoms with van der Waals surface area (Å²) in [6.07, 6.45) is 4.63. The van der Waals surface area contributed by atoms with Crippen LogP contribution < -0.4 is 0 Å². The van der Waals surface area contributed by atoms with Crippen LogP contribution in [0.25, 0.3) is 0 Å². The zero-order chi connectivity index (χ0) is 21.1. The molecule has 0 N–H and O–H groups in total.